The van der Waals surface area contributed by atoms with Crippen LogP contribution in [0.15, 0.2) is 93.6 Å². The smallest absolute Gasteiger partial charge is 0.266 e. The van der Waals surface area contributed by atoms with Crippen molar-refractivity contribution in [3.8, 4) is 0 Å². The van der Waals surface area contributed by atoms with Crippen LogP contribution in [0.2, 0.25) is 0 Å². The number of anilines is 2. The fraction of sp³-hybridized carbons (Fsp3) is 0.115. The maximum atomic E-state index is 13.3. The summed E-state index contributed by atoms with van der Waals surface area (Å²) in [4.78, 5) is 32.4. The minimum Gasteiger partial charge on any atom is -0.293 e. The van der Waals surface area contributed by atoms with E-state index in [0.717, 1.165) is 26.7 Å². The van der Waals surface area contributed by atoms with Gasteiger partial charge in [-0.2, -0.15) is 0 Å². The van der Waals surface area contributed by atoms with Crippen LogP contribution in [-0.4, -0.2) is 27.6 Å². The second kappa shape index (κ2) is 9.55. The van der Waals surface area contributed by atoms with Crippen molar-refractivity contribution >= 4 is 69.3 Å². The number of carbonyl (C=O) groups excluding carboxylic acids is 2. The second-order valence-electron chi connectivity index (χ2n) is 7.61. The van der Waals surface area contributed by atoms with E-state index in [1.165, 1.54) is 11.8 Å². The zero-order chi connectivity index (χ0) is 22.8. The van der Waals surface area contributed by atoms with E-state index in [-0.39, 0.29) is 11.8 Å². The van der Waals surface area contributed by atoms with Gasteiger partial charge in [-0.05, 0) is 42.3 Å². The van der Waals surface area contributed by atoms with Crippen molar-refractivity contribution in [1.82, 2.24) is 4.90 Å². The number of carbonyl (C=O) groups is 2. The van der Waals surface area contributed by atoms with Gasteiger partial charge in [-0.15, -0.1) is 0 Å². The number of thiocarbonyl (C=S) groups is 1. The number of para-hydroxylation sites is 2. The summed E-state index contributed by atoms with van der Waals surface area (Å²) >= 11 is 8.44. The summed E-state index contributed by atoms with van der Waals surface area (Å²) in [5, 5.41) is 0. The van der Waals surface area contributed by atoms with Crippen LogP contribution in [0.1, 0.15) is 18.4 Å². The summed E-state index contributed by atoms with van der Waals surface area (Å²) in [6.07, 6.45) is 2.73. The number of hydrogen-bond acceptors (Lipinski definition) is 5. The Hall–Kier alpha value is -2.87. The van der Waals surface area contributed by atoms with E-state index in [2.05, 4.69) is 0 Å². The standard InChI is InChI=1S/C26H20N2O2S3/c29-24(28-19-11-4-6-13-21(19)32-22-14-7-5-12-20(22)28)15-8-16-27-25(30)23(33-26(27)31)17-18-9-2-1-3-10-18/h1-7,9-14,17H,8,15-16H2/b23-17+. The average molecular weight is 489 g/mol. The van der Waals surface area contributed by atoms with E-state index in [4.69, 9.17) is 12.2 Å². The van der Waals surface area contributed by atoms with E-state index in [9.17, 15) is 9.59 Å². The second-order valence-corrected chi connectivity index (χ2v) is 10.4. The predicted molar refractivity (Wildman–Crippen MR) is 140 cm³/mol. The Labute approximate surface area is 206 Å². The maximum Gasteiger partial charge on any atom is 0.266 e. The largest absolute Gasteiger partial charge is 0.293 e. The Balaban J connectivity index is 1.28. The maximum absolute atomic E-state index is 13.3. The third-order valence-corrected chi connectivity index (χ3v) is 7.93. The molecule has 1 saturated heterocycles. The minimum atomic E-state index is -0.0913. The first-order valence-corrected chi connectivity index (χ1v) is 12.7. The average Bonchev–Trinajstić information content (AvgIpc) is 3.10. The zero-order valence-electron chi connectivity index (χ0n) is 17.6. The Kier molecular flexibility index (Phi) is 6.35. The highest BCUT2D eigenvalue weighted by Crippen LogP contribution is 2.48. The Morgan fingerprint density at radius 2 is 1.45 bits per heavy atom. The molecular formula is C26H20N2O2S3. The van der Waals surface area contributed by atoms with E-state index in [1.807, 2.05) is 84.9 Å². The quantitative estimate of drug-likeness (QED) is 0.303. The van der Waals surface area contributed by atoms with Gasteiger partial charge < -0.3 is 0 Å². The fourth-order valence-electron chi connectivity index (χ4n) is 3.87. The fourth-order valence-corrected chi connectivity index (χ4v) is 6.23. The monoisotopic (exact) mass is 488 g/mol. The van der Waals surface area contributed by atoms with E-state index in [1.54, 1.807) is 21.6 Å². The van der Waals surface area contributed by atoms with Crippen molar-refractivity contribution in [1.29, 1.82) is 0 Å². The van der Waals surface area contributed by atoms with Gasteiger partial charge in [0.15, 0.2) is 0 Å². The first-order chi connectivity index (χ1) is 16.1. The SMILES string of the molecule is O=C1/C(=C\c2ccccc2)SC(=S)N1CCCC(=O)N1c2ccccc2Sc2ccccc21. The summed E-state index contributed by atoms with van der Waals surface area (Å²) in [5.74, 6) is -0.0770. The van der Waals surface area contributed by atoms with Crippen LogP contribution < -0.4 is 4.90 Å². The third-order valence-electron chi connectivity index (χ3n) is 5.42. The molecule has 0 saturated carbocycles. The van der Waals surface area contributed by atoms with Crippen molar-refractivity contribution in [3.05, 3.63) is 89.3 Å². The number of fused-ring (bicyclic) bond motifs is 2. The van der Waals surface area contributed by atoms with Gasteiger partial charge >= 0.3 is 0 Å². The molecule has 2 aliphatic heterocycles. The van der Waals surface area contributed by atoms with Crippen molar-refractivity contribution < 1.29 is 9.59 Å². The van der Waals surface area contributed by atoms with Gasteiger partial charge in [-0.25, -0.2) is 0 Å². The van der Waals surface area contributed by atoms with Crippen LogP contribution in [0, 0.1) is 0 Å². The highest BCUT2D eigenvalue weighted by atomic mass is 32.2. The van der Waals surface area contributed by atoms with E-state index >= 15 is 0 Å². The van der Waals surface area contributed by atoms with Gasteiger partial charge in [0, 0.05) is 22.8 Å². The van der Waals surface area contributed by atoms with Crippen LogP contribution in [-0.2, 0) is 9.59 Å². The molecule has 0 spiro atoms. The highest BCUT2D eigenvalue weighted by molar-refractivity contribution is 8.26. The number of amides is 2. The lowest BCUT2D eigenvalue weighted by Crippen LogP contribution is -2.32. The molecule has 0 aliphatic carbocycles. The summed E-state index contributed by atoms with van der Waals surface area (Å²) in [6.45, 7) is 0.425. The molecule has 0 N–H and O–H groups in total. The van der Waals surface area contributed by atoms with Crippen LogP contribution in [0.25, 0.3) is 6.08 Å². The van der Waals surface area contributed by atoms with Gasteiger partial charge in [-0.1, -0.05) is 90.3 Å². The Morgan fingerprint density at radius 3 is 2.12 bits per heavy atom. The summed E-state index contributed by atoms with van der Waals surface area (Å²) < 4.78 is 0.541. The molecule has 0 bridgehead atoms. The normalized spacial score (nSPS) is 16.2. The lowest BCUT2D eigenvalue weighted by atomic mass is 10.1. The summed E-state index contributed by atoms with van der Waals surface area (Å²) in [6, 6.07) is 25.6. The molecule has 33 heavy (non-hydrogen) atoms. The molecule has 3 aromatic rings. The number of hydrogen-bond donors (Lipinski definition) is 0. The van der Waals surface area contributed by atoms with Gasteiger partial charge in [0.1, 0.15) is 4.32 Å². The molecule has 5 rings (SSSR count). The Bertz CT molecular complexity index is 1230. The van der Waals surface area contributed by atoms with Crippen molar-refractivity contribution in [2.24, 2.45) is 0 Å². The van der Waals surface area contributed by atoms with E-state index < -0.39 is 0 Å². The van der Waals surface area contributed by atoms with Crippen LogP contribution in [0.3, 0.4) is 0 Å². The molecule has 3 aromatic carbocycles. The number of nitrogens with zero attached hydrogens (tertiary/aromatic N) is 2. The van der Waals surface area contributed by atoms with Crippen molar-refractivity contribution in [3.63, 3.8) is 0 Å². The molecule has 1 fully saturated rings. The van der Waals surface area contributed by atoms with Crippen molar-refractivity contribution in [2.45, 2.75) is 22.6 Å². The van der Waals surface area contributed by atoms with Gasteiger partial charge in [0.25, 0.3) is 5.91 Å². The molecule has 0 aromatic heterocycles. The molecule has 0 atom stereocenters. The van der Waals surface area contributed by atoms with Gasteiger partial charge in [0.2, 0.25) is 5.91 Å². The van der Waals surface area contributed by atoms with Crippen LogP contribution >= 0.6 is 35.7 Å². The van der Waals surface area contributed by atoms with Gasteiger partial charge in [0.05, 0.1) is 16.3 Å². The molecule has 2 heterocycles. The van der Waals surface area contributed by atoms with Crippen LogP contribution in [0.4, 0.5) is 11.4 Å². The third kappa shape index (κ3) is 4.49. The highest BCUT2D eigenvalue weighted by Gasteiger charge is 2.32. The van der Waals surface area contributed by atoms with Crippen LogP contribution in [0.5, 0.6) is 0 Å². The number of benzene rings is 3. The topological polar surface area (TPSA) is 40.6 Å². The molecule has 164 valence electrons. The molecule has 0 unspecified atom stereocenters. The molecule has 7 heteroatoms. The predicted octanol–water partition coefficient (Wildman–Crippen LogP) is 6.50. The molecule has 0 radical (unpaired) electrons. The summed E-state index contributed by atoms with van der Waals surface area (Å²) in [7, 11) is 0. The number of thioether (sulfide) groups is 1. The van der Waals surface area contributed by atoms with Crippen molar-refractivity contribution in [2.75, 3.05) is 11.4 Å². The molecule has 2 amide bonds. The lowest BCUT2D eigenvalue weighted by Gasteiger charge is -2.31. The molecule has 4 nitrogen and oxygen atoms in total. The first-order valence-electron chi connectivity index (χ1n) is 10.6. The Morgan fingerprint density at radius 1 is 0.848 bits per heavy atom. The molecular weight excluding hydrogens is 468 g/mol. The van der Waals surface area contributed by atoms with Gasteiger partial charge in [-0.3, -0.25) is 19.4 Å². The van der Waals surface area contributed by atoms with E-state index in [0.29, 0.717) is 28.6 Å². The zero-order valence-corrected chi connectivity index (χ0v) is 20.1. The summed E-state index contributed by atoms with van der Waals surface area (Å²) in [5.41, 5.74) is 2.78. The lowest BCUT2D eigenvalue weighted by molar-refractivity contribution is -0.123. The molecule has 2 aliphatic rings. The minimum absolute atomic E-state index is 0.0143. The first kappa shape index (κ1) is 21.9. The number of rotatable bonds is 5.